The van der Waals surface area contributed by atoms with Crippen molar-refractivity contribution >= 4 is 11.6 Å². The average Bonchev–Trinajstić information content (AvgIpc) is 2.76. The molecule has 1 aromatic carbocycles. The van der Waals surface area contributed by atoms with Crippen molar-refractivity contribution < 1.29 is 5.11 Å². The van der Waals surface area contributed by atoms with E-state index in [1.54, 1.807) is 18.2 Å². The number of phenols is 1. The van der Waals surface area contributed by atoms with Gasteiger partial charge in [0, 0.05) is 17.1 Å². The number of aromatic amines is 1. The van der Waals surface area contributed by atoms with E-state index < -0.39 is 0 Å². The maximum atomic E-state index is 9.54. The first-order chi connectivity index (χ1) is 7.75. The van der Waals surface area contributed by atoms with Crippen molar-refractivity contribution in [2.75, 3.05) is 0 Å². The third-order valence-electron chi connectivity index (χ3n) is 2.03. The van der Waals surface area contributed by atoms with Crippen LogP contribution in [0.25, 0.3) is 0 Å². The second kappa shape index (κ2) is 4.91. The predicted octanol–water partition coefficient (Wildman–Crippen LogP) is 0.848. The minimum atomic E-state index is 0.213. The van der Waals surface area contributed by atoms with Gasteiger partial charge in [-0.05, 0) is 18.2 Å². The SMILES string of the molecule is Oc1ccc(Cl)cc1CNCc1nn[nH]n1. The minimum Gasteiger partial charge on any atom is -0.508 e. The van der Waals surface area contributed by atoms with Gasteiger partial charge in [-0.25, -0.2) is 0 Å². The van der Waals surface area contributed by atoms with E-state index in [0.717, 1.165) is 5.56 Å². The van der Waals surface area contributed by atoms with Crippen LogP contribution in [-0.4, -0.2) is 25.7 Å². The summed E-state index contributed by atoms with van der Waals surface area (Å²) in [5.41, 5.74) is 0.732. The molecule has 0 unspecified atom stereocenters. The van der Waals surface area contributed by atoms with E-state index in [0.29, 0.717) is 23.9 Å². The van der Waals surface area contributed by atoms with Gasteiger partial charge in [-0.15, -0.1) is 10.2 Å². The summed E-state index contributed by atoms with van der Waals surface area (Å²) in [6.07, 6.45) is 0. The van der Waals surface area contributed by atoms with E-state index in [2.05, 4.69) is 25.9 Å². The maximum absolute atomic E-state index is 9.54. The van der Waals surface area contributed by atoms with Gasteiger partial charge < -0.3 is 10.4 Å². The minimum absolute atomic E-state index is 0.213. The summed E-state index contributed by atoms with van der Waals surface area (Å²) < 4.78 is 0. The first kappa shape index (κ1) is 10.8. The van der Waals surface area contributed by atoms with Crippen molar-refractivity contribution in [1.82, 2.24) is 25.9 Å². The van der Waals surface area contributed by atoms with Crippen LogP contribution in [0.2, 0.25) is 5.02 Å². The molecule has 6 nitrogen and oxygen atoms in total. The van der Waals surface area contributed by atoms with Crippen LogP contribution in [0.3, 0.4) is 0 Å². The number of nitrogens with one attached hydrogen (secondary N) is 2. The smallest absolute Gasteiger partial charge is 0.188 e. The number of tetrazole rings is 1. The molecule has 2 aromatic rings. The fraction of sp³-hybridized carbons (Fsp3) is 0.222. The van der Waals surface area contributed by atoms with Crippen LogP contribution in [0, 0.1) is 0 Å². The summed E-state index contributed by atoms with van der Waals surface area (Å²) in [4.78, 5) is 0. The van der Waals surface area contributed by atoms with Crippen molar-refractivity contribution in [2.24, 2.45) is 0 Å². The summed E-state index contributed by atoms with van der Waals surface area (Å²) in [6, 6.07) is 4.91. The summed E-state index contributed by atoms with van der Waals surface area (Å²) in [5.74, 6) is 0.784. The molecule has 0 bridgehead atoms. The highest BCUT2D eigenvalue weighted by Gasteiger charge is 2.02. The summed E-state index contributed by atoms with van der Waals surface area (Å²) in [5, 5.41) is 26.6. The quantitative estimate of drug-likeness (QED) is 0.736. The third-order valence-corrected chi connectivity index (χ3v) is 2.26. The van der Waals surface area contributed by atoms with Crippen molar-refractivity contribution in [1.29, 1.82) is 0 Å². The Labute approximate surface area is 96.6 Å². The molecular weight excluding hydrogens is 230 g/mol. The number of aromatic hydroxyl groups is 1. The standard InChI is InChI=1S/C9H10ClN5O/c10-7-1-2-8(16)6(3-7)4-11-5-9-12-14-15-13-9/h1-3,11,16H,4-5H2,(H,12,13,14,15). The Bertz CT molecular complexity index is 459. The Morgan fingerprint density at radius 3 is 3.00 bits per heavy atom. The summed E-state index contributed by atoms with van der Waals surface area (Å²) in [6.45, 7) is 0.962. The number of hydrogen-bond donors (Lipinski definition) is 3. The first-order valence-electron chi connectivity index (χ1n) is 4.66. The number of phenolic OH excluding ortho intramolecular Hbond substituents is 1. The van der Waals surface area contributed by atoms with Gasteiger partial charge in [0.15, 0.2) is 5.82 Å². The fourth-order valence-corrected chi connectivity index (χ4v) is 1.46. The average molecular weight is 240 g/mol. The lowest BCUT2D eigenvalue weighted by Gasteiger charge is -2.05. The molecule has 0 saturated carbocycles. The van der Waals surface area contributed by atoms with E-state index in [-0.39, 0.29) is 5.75 Å². The molecule has 84 valence electrons. The lowest BCUT2D eigenvalue weighted by Crippen LogP contribution is -2.13. The van der Waals surface area contributed by atoms with Crippen LogP contribution < -0.4 is 5.32 Å². The van der Waals surface area contributed by atoms with Crippen molar-refractivity contribution in [3.8, 4) is 5.75 Å². The molecule has 0 aliphatic heterocycles. The van der Waals surface area contributed by atoms with Gasteiger partial charge in [0.2, 0.25) is 0 Å². The first-order valence-corrected chi connectivity index (χ1v) is 5.04. The highest BCUT2D eigenvalue weighted by molar-refractivity contribution is 6.30. The lowest BCUT2D eigenvalue weighted by molar-refractivity contribution is 0.464. The van der Waals surface area contributed by atoms with Crippen molar-refractivity contribution in [2.45, 2.75) is 13.1 Å². The molecule has 0 aliphatic carbocycles. The normalized spacial score (nSPS) is 10.6. The highest BCUT2D eigenvalue weighted by Crippen LogP contribution is 2.21. The molecule has 7 heteroatoms. The zero-order valence-corrected chi connectivity index (χ0v) is 9.07. The Balaban J connectivity index is 1.92. The van der Waals surface area contributed by atoms with Gasteiger partial charge in [0.25, 0.3) is 0 Å². The summed E-state index contributed by atoms with van der Waals surface area (Å²) in [7, 11) is 0. The van der Waals surface area contributed by atoms with Crippen LogP contribution in [0.1, 0.15) is 11.4 Å². The lowest BCUT2D eigenvalue weighted by atomic mass is 10.2. The number of rotatable bonds is 4. The van der Waals surface area contributed by atoms with Crippen LogP contribution in [0.5, 0.6) is 5.75 Å². The van der Waals surface area contributed by atoms with Gasteiger partial charge in [0.1, 0.15) is 5.75 Å². The molecule has 0 spiro atoms. The third kappa shape index (κ3) is 2.68. The van der Waals surface area contributed by atoms with Gasteiger partial charge in [-0.1, -0.05) is 16.8 Å². The second-order valence-electron chi connectivity index (χ2n) is 3.20. The Hall–Kier alpha value is -1.66. The zero-order chi connectivity index (χ0) is 11.4. The molecule has 1 heterocycles. The topological polar surface area (TPSA) is 86.7 Å². The molecule has 16 heavy (non-hydrogen) atoms. The molecule has 3 N–H and O–H groups in total. The fourth-order valence-electron chi connectivity index (χ4n) is 1.26. The number of H-pyrrole nitrogens is 1. The van der Waals surface area contributed by atoms with E-state index in [1.165, 1.54) is 0 Å². The van der Waals surface area contributed by atoms with Crippen LogP contribution in [-0.2, 0) is 13.1 Å². The number of halogens is 1. The van der Waals surface area contributed by atoms with E-state index >= 15 is 0 Å². The molecule has 0 saturated heterocycles. The number of nitrogens with zero attached hydrogens (tertiary/aromatic N) is 3. The van der Waals surface area contributed by atoms with Crippen LogP contribution in [0.15, 0.2) is 18.2 Å². The Kier molecular flexibility index (Phi) is 3.33. The number of aromatic nitrogens is 4. The van der Waals surface area contributed by atoms with E-state index in [4.69, 9.17) is 11.6 Å². The van der Waals surface area contributed by atoms with Crippen LogP contribution >= 0.6 is 11.6 Å². The highest BCUT2D eigenvalue weighted by atomic mass is 35.5. The van der Waals surface area contributed by atoms with Crippen LogP contribution in [0.4, 0.5) is 0 Å². The van der Waals surface area contributed by atoms with Gasteiger partial charge in [-0.2, -0.15) is 5.21 Å². The Morgan fingerprint density at radius 1 is 1.38 bits per heavy atom. The maximum Gasteiger partial charge on any atom is 0.188 e. The molecule has 0 amide bonds. The van der Waals surface area contributed by atoms with E-state index in [1.807, 2.05) is 0 Å². The van der Waals surface area contributed by atoms with Gasteiger partial charge in [-0.3, -0.25) is 0 Å². The zero-order valence-electron chi connectivity index (χ0n) is 8.31. The Morgan fingerprint density at radius 2 is 2.25 bits per heavy atom. The molecule has 0 aliphatic rings. The van der Waals surface area contributed by atoms with Crippen molar-refractivity contribution in [3.63, 3.8) is 0 Å². The van der Waals surface area contributed by atoms with E-state index in [9.17, 15) is 5.11 Å². The molecule has 0 atom stereocenters. The van der Waals surface area contributed by atoms with Gasteiger partial charge >= 0.3 is 0 Å². The molecule has 0 fully saturated rings. The van der Waals surface area contributed by atoms with Crippen molar-refractivity contribution in [3.05, 3.63) is 34.6 Å². The molecule has 2 rings (SSSR count). The molecular formula is C9H10ClN5O. The second-order valence-corrected chi connectivity index (χ2v) is 3.64. The monoisotopic (exact) mass is 239 g/mol. The summed E-state index contributed by atoms with van der Waals surface area (Å²) >= 11 is 5.82. The molecule has 0 radical (unpaired) electrons. The number of hydrogen-bond acceptors (Lipinski definition) is 5. The predicted molar refractivity (Wildman–Crippen MR) is 57.8 cm³/mol. The largest absolute Gasteiger partial charge is 0.508 e. The number of benzene rings is 1. The molecule has 1 aromatic heterocycles. The van der Waals surface area contributed by atoms with Gasteiger partial charge in [0.05, 0.1) is 6.54 Å².